The lowest BCUT2D eigenvalue weighted by Gasteiger charge is -2.35. The molecule has 2 aromatic heterocycles. The van der Waals surface area contributed by atoms with Gasteiger partial charge in [0.05, 0.1) is 23.1 Å². The lowest BCUT2D eigenvalue weighted by Crippen LogP contribution is -2.49. The molecule has 3 aromatic rings. The lowest BCUT2D eigenvalue weighted by molar-refractivity contribution is 0.384. The van der Waals surface area contributed by atoms with Gasteiger partial charge in [-0.3, -0.25) is 0 Å². The van der Waals surface area contributed by atoms with E-state index in [2.05, 4.69) is 24.0 Å². The molecule has 7 nitrogen and oxygen atoms in total. The maximum Gasteiger partial charge on any atom is 0.217 e. The number of rotatable bonds is 6. The van der Waals surface area contributed by atoms with Gasteiger partial charge in [0.2, 0.25) is 10.0 Å². The highest BCUT2D eigenvalue weighted by atomic mass is 35.5. The standard InChI is InChI=1S/C23H27ClN4O3S/c1-3-16-12-22(31-2)20(24)14-19(16)21-15-27-7-6-17(13-23(27)25-21)26-8-10-28(11-9-26)32(29,30)18-4-5-18/h6-7,12-15,18H,3-5,8-11H2,1-2H3. The first-order chi connectivity index (χ1) is 15.4. The molecule has 5 rings (SSSR count). The molecule has 1 aliphatic carbocycles. The molecule has 0 N–H and O–H groups in total. The van der Waals surface area contributed by atoms with Gasteiger partial charge in [-0.1, -0.05) is 18.5 Å². The molecule has 1 aliphatic heterocycles. The Morgan fingerprint density at radius 3 is 2.56 bits per heavy atom. The van der Waals surface area contributed by atoms with Crippen LogP contribution in [0.3, 0.4) is 0 Å². The van der Waals surface area contributed by atoms with Crippen LogP contribution in [0.1, 0.15) is 25.3 Å². The molecule has 0 atom stereocenters. The second-order valence-electron chi connectivity index (χ2n) is 8.40. The maximum atomic E-state index is 12.5. The number of aryl methyl sites for hydroxylation is 1. The van der Waals surface area contributed by atoms with E-state index in [0.29, 0.717) is 37.0 Å². The molecule has 2 aliphatic rings. The molecule has 0 spiro atoms. The molecule has 32 heavy (non-hydrogen) atoms. The van der Waals surface area contributed by atoms with Crippen molar-refractivity contribution in [2.75, 3.05) is 38.2 Å². The number of ether oxygens (including phenoxy) is 1. The van der Waals surface area contributed by atoms with Crippen LogP contribution in [0.4, 0.5) is 5.69 Å². The van der Waals surface area contributed by atoms with Gasteiger partial charge >= 0.3 is 0 Å². The molecule has 2 fully saturated rings. The Morgan fingerprint density at radius 2 is 1.91 bits per heavy atom. The molecule has 0 unspecified atom stereocenters. The number of halogens is 1. The minimum atomic E-state index is -3.10. The number of benzene rings is 1. The van der Waals surface area contributed by atoms with Gasteiger partial charge in [-0.15, -0.1) is 0 Å². The fraction of sp³-hybridized carbons (Fsp3) is 0.435. The summed E-state index contributed by atoms with van der Waals surface area (Å²) in [6.07, 6.45) is 6.47. The first-order valence-corrected chi connectivity index (χ1v) is 12.9. The van der Waals surface area contributed by atoms with Crippen molar-refractivity contribution in [1.29, 1.82) is 0 Å². The van der Waals surface area contributed by atoms with Gasteiger partial charge in [0.15, 0.2) is 0 Å². The van der Waals surface area contributed by atoms with Crippen molar-refractivity contribution in [3.8, 4) is 17.0 Å². The topological polar surface area (TPSA) is 67.2 Å². The van der Waals surface area contributed by atoms with Crippen LogP contribution in [0, 0.1) is 0 Å². The predicted molar refractivity (Wildman–Crippen MR) is 127 cm³/mol. The largest absolute Gasteiger partial charge is 0.495 e. The summed E-state index contributed by atoms with van der Waals surface area (Å²) in [4.78, 5) is 7.09. The molecular formula is C23H27ClN4O3S. The van der Waals surface area contributed by atoms with Crippen molar-refractivity contribution in [1.82, 2.24) is 13.7 Å². The van der Waals surface area contributed by atoms with Crippen molar-refractivity contribution in [3.63, 3.8) is 0 Å². The minimum Gasteiger partial charge on any atom is -0.495 e. The van der Waals surface area contributed by atoms with E-state index in [1.54, 1.807) is 11.4 Å². The average molecular weight is 475 g/mol. The summed E-state index contributed by atoms with van der Waals surface area (Å²) in [7, 11) is -1.48. The highest BCUT2D eigenvalue weighted by molar-refractivity contribution is 7.90. The number of pyridine rings is 1. The zero-order chi connectivity index (χ0) is 22.5. The molecule has 0 bridgehead atoms. The third-order valence-corrected chi connectivity index (χ3v) is 9.08. The van der Waals surface area contributed by atoms with Crippen LogP contribution in [-0.4, -0.2) is 60.6 Å². The summed E-state index contributed by atoms with van der Waals surface area (Å²) in [5.74, 6) is 0.668. The Balaban J connectivity index is 1.39. The third-order valence-electron chi connectivity index (χ3n) is 6.39. The summed E-state index contributed by atoms with van der Waals surface area (Å²) in [5.41, 5.74) is 4.90. The molecular weight excluding hydrogens is 448 g/mol. The number of nitrogens with zero attached hydrogens (tertiary/aromatic N) is 4. The van der Waals surface area contributed by atoms with E-state index < -0.39 is 10.0 Å². The van der Waals surface area contributed by atoms with Gasteiger partial charge in [0.1, 0.15) is 11.4 Å². The molecule has 0 radical (unpaired) electrons. The van der Waals surface area contributed by atoms with E-state index in [1.807, 2.05) is 28.9 Å². The summed E-state index contributed by atoms with van der Waals surface area (Å²) >= 11 is 6.39. The molecule has 1 saturated carbocycles. The highest BCUT2D eigenvalue weighted by Crippen LogP contribution is 2.35. The number of piperazine rings is 1. The summed E-state index contributed by atoms with van der Waals surface area (Å²) in [5, 5.41) is 0.421. The first kappa shape index (κ1) is 21.6. The van der Waals surface area contributed by atoms with Crippen LogP contribution in [0.2, 0.25) is 5.02 Å². The molecule has 0 amide bonds. The second kappa shape index (κ2) is 8.24. The van der Waals surface area contributed by atoms with Crippen LogP contribution in [-0.2, 0) is 16.4 Å². The van der Waals surface area contributed by atoms with Crippen LogP contribution in [0.25, 0.3) is 16.9 Å². The summed E-state index contributed by atoms with van der Waals surface area (Å²) in [6.45, 7) is 4.54. The van der Waals surface area contributed by atoms with E-state index in [-0.39, 0.29) is 5.25 Å². The molecule has 1 saturated heterocycles. The van der Waals surface area contributed by atoms with Crippen LogP contribution >= 0.6 is 11.6 Å². The van der Waals surface area contributed by atoms with Crippen LogP contribution in [0.5, 0.6) is 5.75 Å². The van der Waals surface area contributed by atoms with Crippen molar-refractivity contribution >= 4 is 33.0 Å². The predicted octanol–water partition coefficient (Wildman–Crippen LogP) is 3.84. The zero-order valence-corrected chi connectivity index (χ0v) is 19.9. The number of fused-ring (bicyclic) bond motifs is 1. The van der Waals surface area contributed by atoms with Crippen LogP contribution in [0.15, 0.2) is 36.7 Å². The number of hydrogen-bond acceptors (Lipinski definition) is 5. The van der Waals surface area contributed by atoms with Crippen LogP contribution < -0.4 is 9.64 Å². The monoisotopic (exact) mass is 474 g/mol. The molecule has 3 heterocycles. The highest BCUT2D eigenvalue weighted by Gasteiger charge is 2.41. The minimum absolute atomic E-state index is 0.145. The third kappa shape index (κ3) is 3.84. The van der Waals surface area contributed by atoms with Crippen molar-refractivity contribution in [2.24, 2.45) is 0 Å². The van der Waals surface area contributed by atoms with Gasteiger partial charge in [-0.2, -0.15) is 4.31 Å². The van der Waals surface area contributed by atoms with Gasteiger partial charge in [-0.05, 0) is 43.0 Å². The quantitative estimate of drug-likeness (QED) is 0.543. The Hall–Kier alpha value is -2.29. The van der Waals surface area contributed by atoms with Gasteiger partial charge < -0.3 is 14.0 Å². The fourth-order valence-electron chi connectivity index (χ4n) is 4.36. The van der Waals surface area contributed by atoms with E-state index in [4.69, 9.17) is 21.3 Å². The number of hydrogen-bond donors (Lipinski definition) is 0. The Bertz CT molecular complexity index is 1260. The van der Waals surface area contributed by atoms with E-state index in [1.165, 1.54) is 0 Å². The number of sulfonamides is 1. The Labute approximate surface area is 193 Å². The normalized spacial score (nSPS) is 17.8. The first-order valence-electron chi connectivity index (χ1n) is 11.0. The number of methoxy groups -OCH3 is 1. The fourth-order valence-corrected chi connectivity index (χ4v) is 6.42. The maximum absolute atomic E-state index is 12.5. The lowest BCUT2D eigenvalue weighted by atomic mass is 10.0. The smallest absolute Gasteiger partial charge is 0.217 e. The van der Waals surface area contributed by atoms with Gasteiger partial charge in [0.25, 0.3) is 0 Å². The Morgan fingerprint density at radius 1 is 1.16 bits per heavy atom. The van der Waals surface area contributed by atoms with Gasteiger partial charge in [-0.25, -0.2) is 13.4 Å². The van der Waals surface area contributed by atoms with E-state index in [0.717, 1.165) is 47.4 Å². The average Bonchev–Trinajstić information content (AvgIpc) is 3.59. The van der Waals surface area contributed by atoms with E-state index in [9.17, 15) is 8.42 Å². The zero-order valence-electron chi connectivity index (χ0n) is 18.3. The SMILES string of the molecule is CCc1cc(OC)c(Cl)cc1-c1cn2ccc(N3CCN(S(=O)(=O)C4CC4)CC3)cc2n1. The van der Waals surface area contributed by atoms with E-state index >= 15 is 0 Å². The van der Waals surface area contributed by atoms with Crippen molar-refractivity contribution in [3.05, 3.63) is 47.2 Å². The number of imidazole rings is 1. The summed E-state index contributed by atoms with van der Waals surface area (Å²) in [6, 6.07) is 8.01. The second-order valence-corrected chi connectivity index (χ2v) is 11.0. The number of aromatic nitrogens is 2. The summed E-state index contributed by atoms with van der Waals surface area (Å²) < 4.78 is 34.0. The molecule has 9 heteroatoms. The molecule has 170 valence electrons. The molecule has 1 aromatic carbocycles. The Kier molecular flexibility index (Phi) is 5.55. The van der Waals surface area contributed by atoms with Gasteiger partial charge in [0, 0.05) is 55.9 Å². The van der Waals surface area contributed by atoms with Crippen molar-refractivity contribution < 1.29 is 13.2 Å². The van der Waals surface area contributed by atoms with Crippen molar-refractivity contribution in [2.45, 2.75) is 31.4 Å². The number of anilines is 1.